The number of urea groups is 1. The lowest BCUT2D eigenvalue weighted by Crippen LogP contribution is -2.50. The molecule has 1 aliphatic carbocycles. The second kappa shape index (κ2) is 11.5. The van der Waals surface area contributed by atoms with Gasteiger partial charge in [0.1, 0.15) is 5.82 Å². The lowest BCUT2D eigenvalue weighted by atomic mass is 10.0. The Kier molecular flexibility index (Phi) is 7.96. The summed E-state index contributed by atoms with van der Waals surface area (Å²) >= 11 is 0. The normalized spacial score (nSPS) is 21.4. The zero-order valence-corrected chi connectivity index (χ0v) is 22.5. The molecule has 12 nitrogen and oxygen atoms in total. The Bertz CT molecular complexity index is 1120. The van der Waals surface area contributed by atoms with E-state index in [1.165, 1.54) is 30.6 Å². The zero-order chi connectivity index (χ0) is 26.6. The number of likely N-dealkylation sites (tertiary alicyclic amines) is 1. The maximum atomic E-state index is 12.1. The number of nitrogens with zero attached hydrogens (tertiary/aromatic N) is 7. The van der Waals surface area contributed by atoms with Crippen LogP contribution in [0.25, 0.3) is 0 Å². The molecule has 4 N–H and O–H groups in total. The van der Waals surface area contributed by atoms with Gasteiger partial charge in [0, 0.05) is 58.6 Å². The maximum absolute atomic E-state index is 12.1. The van der Waals surface area contributed by atoms with Gasteiger partial charge in [-0.2, -0.15) is 5.10 Å². The van der Waals surface area contributed by atoms with Gasteiger partial charge in [-0.25, -0.2) is 14.8 Å². The lowest BCUT2D eigenvalue weighted by molar-refractivity contribution is 0.0996. The van der Waals surface area contributed by atoms with Gasteiger partial charge in [-0.3, -0.25) is 9.48 Å². The standard InChI is InChI=1S/C26H40N10O2/c1-33(2)26(38)31-18-6-5-11-35(16-18)22-15-28-23(24(27)37)25(32-22)30-19-14-29-36(17-19)21-9-12-34(13-10-21)20-7-3-4-8-20/h14-15,17-18,20-21H,3-13,16H2,1-2H3,(H2,27,37)(H,30,32)(H,31,38)/t18-/m1/s1. The van der Waals surface area contributed by atoms with Gasteiger partial charge in [0.15, 0.2) is 11.5 Å². The summed E-state index contributed by atoms with van der Waals surface area (Å²) in [6.45, 7) is 3.63. The summed E-state index contributed by atoms with van der Waals surface area (Å²) in [5.74, 6) is 0.297. The smallest absolute Gasteiger partial charge is 0.317 e. The number of piperidine rings is 2. The number of hydrogen-bond acceptors (Lipinski definition) is 8. The fraction of sp³-hybridized carbons (Fsp3) is 0.654. The molecule has 2 aromatic heterocycles. The highest BCUT2D eigenvalue weighted by Gasteiger charge is 2.28. The Labute approximate surface area is 223 Å². The molecule has 5 rings (SSSR count). The highest BCUT2D eigenvalue weighted by Crippen LogP contribution is 2.30. The van der Waals surface area contributed by atoms with E-state index in [0.717, 1.165) is 57.0 Å². The van der Waals surface area contributed by atoms with Crippen LogP contribution in [0.1, 0.15) is 67.9 Å². The van der Waals surface area contributed by atoms with E-state index in [-0.39, 0.29) is 17.8 Å². The van der Waals surface area contributed by atoms with Gasteiger partial charge in [0.2, 0.25) is 0 Å². The van der Waals surface area contributed by atoms with E-state index in [1.54, 1.807) is 26.5 Å². The third-order valence-electron chi connectivity index (χ3n) is 8.05. The molecular formula is C26H40N10O2. The maximum Gasteiger partial charge on any atom is 0.317 e. The van der Waals surface area contributed by atoms with Crippen LogP contribution >= 0.6 is 0 Å². The minimum absolute atomic E-state index is 0.00555. The van der Waals surface area contributed by atoms with Crippen LogP contribution in [0.5, 0.6) is 0 Å². The average Bonchev–Trinajstić information content (AvgIpc) is 3.62. The molecule has 3 fully saturated rings. The van der Waals surface area contributed by atoms with Crippen molar-refractivity contribution in [1.29, 1.82) is 0 Å². The van der Waals surface area contributed by atoms with Crippen molar-refractivity contribution in [2.45, 2.75) is 69.5 Å². The quantitative estimate of drug-likeness (QED) is 0.502. The minimum Gasteiger partial charge on any atom is -0.364 e. The van der Waals surface area contributed by atoms with Crippen molar-refractivity contribution in [3.8, 4) is 0 Å². The van der Waals surface area contributed by atoms with E-state index in [1.807, 2.05) is 10.9 Å². The molecule has 0 radical (unpaired) electrons. The van der Waals surface area contributed by atoms with Crippen LogP contribution in [0.15, 0.2) is 18.6 Å². The Balaban J connectivity index is 1.25. The van der Waals surface area contributed by atoms with E-state index < -0.39 is 5.91 Å². The van der Waals surface area contributed by atoms with Gasteiger partial charge < -0.3 is 31.1 Å². The van der Waals surface area contributed by atoms with E-state index in [2.05, 4.69) is 30.5 Å². The molecule has 3 amide bonds. The van der Waals surface area contributed by atoms with E-state index in [0.29, 0.717) is 24.2 Å². The largest absolute Gasteiger partial charge is 0.364 e. The zero-order valence-electron chi connectivity index (χ0n) is 22.5. The van der Waals surface area contributed by atoms with E-state index in [9.17, 15) is 9.59 Å². The number of aromatic nitrogens is 4. The molecule has 4 heterocycles. The second-order valence-electron chi connectivity index (χ2n) is 11.0. The number of carbonyl (C=O) groups is 2. The molecule has 0 unspecified atom stereocenters. The van der Waals surface area contributed by atoms with Crippen molar-refractivity contribution < 1.29 is 9.59 Å². The number of nitrogens with one attached hydrogen (secondary N) is 2. The van der Waals surface area contributed by atoms with Gasteiger partial charge >= 0.3 is 6.03 Å². The molecule has 1 saturated carbocycles. The van der Waals surface area contributed by atoms with Crippen LogP contribution in [-0.4, -0.2) is 93.8 Å². The van der Waals surface area contributed by atoms with Crippen LogP contribution in [0.2, 0.25) is 0 Å². The summed E-state index contributed by atoms with van der Waals surface area (Å²) in [7, 11) is 3.45. The molecular weight excluding hydrogens is 484 g/mol. The molecule has 3 aliphatic rings. The average molecular weight is 525 g/mol. The molecule has 1 atom stereocenters. The molecule has 38 heavy (non-hydrogen) atoms. The van der Waals surface area contributed by atoms with Crippen molar-refractivity contribution in [3.05, 3.63) is 24.3 Å². The lowest BCUT2D eigenvalue weighted by Gasteiger charge is -2.36. The minimum atomic E-state index is -0.645. The third kappa shape index (κ3) is 6.01. The number of hydrogen-bond donors (Lipinski definition) is 3. The number of rotatable bonds is 7. The van der Waals surface area contributed by atoms with E-state index >= 15 is 0 Å². The molecule has 0 aromatic carbocycles. The van der Waals surface area contributed by atoms with Crippen molar-refractivity contribution in [2.24, 2.45) is 5.73 Å². The van der Waals surface area contributed by atoms with Crippen LogP contribution < -0.4 is 21.3 Å². The number of nitrogens with two attached hydrogens (primary N) is 1. The van der Waals surface area contributed by atoms with Crippen molar-refractivity contribution in [2.75, 3.05) is 50.5 Å². The first-order chi connectivity index (χ1) is 18.4. The Hall–Kier alpha value is -3.41. The monoisotopic (exact) mass is 524 g/mol. The number of primary amides is 1. The summed E-state index contributed by atoms with van der Waals surface area (Å²) in [5, 5.41) is 10.9. The fourth-order valence-corrected chi connectivity index (χ4v) is 5.93. The Morgan fingerprint density at radius 1 is 1.00 bits per heavy atom. The molecule has 12 heteroatoms. The topological polar surface area (TPSA) is 138 Å². The highest BCUT2D eigenvalue weighted by atomic mass is 16.2. The number of carbonyl (C=O) groups excluding carboxylic acids is 2. The fourth-order valence-electron chi connectivity index (χ4n) is 5.93. The molecule has 2 aromatic rings. The van der Waals surface area contributed by atoms with Gasteiger partial charge in [-0.1, -0.05) is 12.8 Å². The molecule has 206 valence electrons. The molecule has 0 spiro atoms. The summed E-state index contributed by atoms with van der Waals surface area (Å²) in [5.41, 5.74) is 6.44. The van der Waals surface area contributed by atoms with Crippen LogP contribution in [0.4, 0.5) is 22.1 Å². The van der Waals surface area contributed by atoms with Gasteiger partial charge in [0.05, 0.1) is 24.1 Å². The molecule has 2 saturated heterocycles. The highest BCUT2D eigenvalue weighted by molar-refractivity contribution is 5.96. The second-order valence-corrected chi connectivity index (χ2v) is 11.0. The first kappa shape index (κ1) is 26.2. The number of amides is 3. The van der Waals surface area contributed by atoms with E-state index in [4.69, 9.17) is 10.7 Å². The van der Waals surface area contributed by atoms with Gasteiger partial charge in [0.25, 0.3) is 5.91 Å². The van der Waals surface area contributed by atoms with Crippen LogP contribution in [0.3, 0.4) is 0 Å². The summed E-state index contributed by atoms with van der Waals surface area (Å²) in [6.07, 6.45) is 14.7. The van der Waals surface area contributed by atoms with Gasteiger partial charge in [-0.05, 0) is 38.5 Å². The predicted octanol–water partition coefficient (Wildman–Crippen LogP) is 2.34. The summed E-state index contributed by atoms with van der Waals surface area (Å²) in [4.78, 5) is 39.6. The first-order valence-corrected chi connectivity index (χ1v) is 13.8. The third-order valence-corrected chi connectivity index (χ3v) is 8.05. The van der Waals surface area contributed by atoms with Crippen LogP contribution in [0, 0.1) is 0 Å². The Morgan fingerprint density at radius 2 is 1.76 bits per heavy atom. The van der Waals surface area contributed by atoms with Gasteiger partial charge in [-0.15, -0.1) is 0 Å². The summed E-state index contributed by atoms with van der Waals surface area (Å²) in [6, 6.07) is 1.02. The number of anilines is 3. The molecule has 2 aliphatic heterocycles. The predicted molar refractivity (Wildman–Crippen MR) is 146 cm³/mol. The van der Waals surface area contributed by atoms with Crippen molar-refractivity contribution in [1.82, 2.24) is 34.9 Å². The SMILES string of the molecule is CN(C)C(=O)N[C@@H]1CCCN(c2cnc(C(N)=O)c(Nc3cnn(C4CCN(C5CCCC5)CC4)c3)n2)C1. The Morgan fingerprint density at radius 3 is 2.47 bits per heavy atom. The van der Waals surface area contributed by atoms with Crippen LogP contribution in [-0.2, 0) is 0 Å². The van der Waals surface area contributed by atoms with Crippen molar-refractivity contribution >= 4 is 29.3 Å². The first-order valence-electron chi connectivity index (χ1n) is 13.8. The summed E-state index contributed by atoms with van der Waals surface area (Å²) < 4.78 is 2.03. The molecule has 0 bridgehead atoms. The van der Waals surface area contributed by atoms with Crippen molar-refractivity contribution in [3.63, 3.8) is 0 Å².